The molecule has 3 rings (SSSR count). The van der Waals surface area contributed by atoms with Gasteiger partial charge in [0.05, 0.1) is 28.1 Å². The summed E-state index contributed by atoms with van der Waals surface area (Å²) < 4.78 is 53.0. The summed E-state index contributed by atoms with van der Waals surface area (Å²) in [5.74, 6) is 0.677. The minimum atomic E-state index is -3.78. The quantitative estimate of drug-likeness (QED) is 0.836. The monoisotopic (exact) mass is 397 g/mol. The molecule has 0 radical (unpaired) electrons. The van der Waals surface area contributed by atoms with Gasteiger partial charge in [0.25, 0.3) is 10.0 Å². The third kappa shape index (κ3) is 3.93. The highest BCUT2D eigenvalue weighted by atomic mass is 32.2. The van der Waals surface area contributed by atoms with Crippen LogP contribution in [0.3, 0.4) is 0 Å². The van der Waals surface area contributed by atoms with Gasteiger partial charge in [0.15, 0.2) is 9.84 Å². The molecule has 7 nitrogen and oxygen atoms in total. The van der Waals surface area contributed by atoms with E-state index in [2.05, 4.69) is 9.82 Å². The third-order valence-electron chi connectivity index (χ3n) is 4.51. The predicted molar refractivity (Wildman–Crippen MR) is 101 cm³/mol. The second-order valence-electron chi connectivity index (χ2n) is 7.00. The van der Waals surface area contributed by atoms with Gasteiger partial charge in [0, 0.05) is 6.07 Å². The van der Waals surface area contributed by atoms with E-state index in [4.69, 9.17) is 0 Å². The van der Waals surface area contributed by atoms with Crippen molar-refractivity contribution in [2.75, 3.05) is 16.2 Å². The number of hydrogen-bond donors (Lipinski definition) is 1. The highest BCUT2D eigenvalue weighted by molar-refractivity contribution is 7.92. The zero-order valence-electron chi connectivity index (χ0n) is 15.0. The Bertz CT molecular complexity index is 1010. The van der Waals surface area contributed by atoms with Crippen molar-refractivity contribution in [3.8, 4) is 0 Å². The van der Waals surface area contributed by atoms with Crippen LogP contribution < -0.4 is 4.72 Å². The first-order valence-corrected chi connectivity index (χ1v) is 11.8. The van der Waals surface area contributed by atoms with Crippen molar-refractivity contribution in [3.05, 3.63) is 41.6 Å². The first-order valence-electron chi connectivity index (χ1n) is 8.47. The summed E-state index contributed by atoms with van der Waals surface area (Å²) >= 11 is 0. The van der Waals surface area contributed by atoms with E-state index in [-0.39, 0.29) is 28.3 Å². The zero-order chi connectivity index (χ0) is 19.1. The van der Waals surface area contributed by atoms with Crippen LogP contribution >= 0.6 is 0 Å². The van der Waals surface area contributed by atoms with Gasteiger partial charge in [-0.2, -0.15) is 5.10 Å². The van der Waals surface area contributed by atoms with Crippen molar-refractivity contribution in [2.24, 2.45) is 0 Å². The van der Waals surface area contributed by atoms with Crippen LogP contribution in [0, 0.1) is 6.92 Å². The van der Waals surface area contributed by atoms with E-state index in [1.807, 2.05) is 13.8 Å². The highest BCUT2D eigenvalue weighted by Gasteiger charge is 2.32. The normalized spacial score (nSPS) is 19.8. The number of aromatic nitrogens is 2. The van der Waals surface area contributed by atoms with Gasteiger partial charge in [-0.1, -0.05) is 26.0 Å². The zero-order valence-corrected chi connectivity index (χ0v) is 16.6. The van der Waals surface area contributed by atoms with E-state index >= 15 is 0 Å². The van der Waals surface area contributed by atoms with Gasteiger partial charge in [-0.25, -0.2) is 21.5 Å². The van der Waals surface area contributed by atoms with E-state index in [0.717, 1.165) is 5.56 Å². The minimum absolute atomic E-state index is 0.0219. The molecule has 1 aliphatic heterocycles. The van der Waals surface area contributed by atoms with Crippen LogP contribution in [0.5, 0.6) is 0 Å². The summed E-state index contributed by atoms with van der Waals surface area (Å²) in [5.41, 5.74) is 1.68. The molecule has 1 atom stereocenters. The van der Waals surface area contributed by atoms with Crippen molar-refractivity contribution >= 4 is 25.7 Å². The molecule has 1 aliphatic rings. The molecule has 1 N–H and O–H groups in total. The molecule has 2 aromatic rings. The average Bonchev–Trinajstić information content (AvgIpc) is 3.08. The summed E-state index contributed by atoms with van der Waals surface area (Å²) in [6, 6.07) is 8.01. The maximum Gasteiger partial charge on any atom is 0.263 e. The molecule has 0 saturated carbocycles. The lowest BCUT2D eigenvalue weighted by atomic mass is 10.0. The molecule has 1 aromatic carbocycles. The summed E-state index contributed by atoms with van der Waals surface area (Å²) in [6.07, 6.45) is 0.432. The smallest absolute Gasteiger partial charge is 0.263 e. The van der Waals surface area contributed by atoms with Crippen molar-refractivity contribution in [3.63, 3.8) is 0 Å². The Morgan fingerprint density at radius 1 is 1.23 bits per heavy atom. The van der Waals surface area contributed by atoms with Crippen LogP contribution in [0.4, 0.5) is 5.82 Å². The van der Waals surface area contributed by atoms with Gasteiger partial charge < -0.3 is 0 Å². The first kappa shape index (κ1) is 18.9. The molecular weight excluding hydrogens is 374 g/mol. The first-order chi connectivity index (χ1) is 12.1. The van der Waals surface area contributed by atoms with E-state index in [0.29, 0.717) is 18.0 Å². The van der Waals surface area contributed by atoms with Gasteiger partial charge in [-0.3, -0.25) is 4.72 Å². The molecule has 0 spiro atoms. The Kier molecular flexibility index (Phi) is 4.87. The largest absolute Gasteiger partial charge is 0.264 e. The second-order valence-corrected chi connectivity index (χ2v) is 10.9. The van der Waals surface area contributed by atoms with E-state index < -0.39 is 19.9 Å². The maximum absolute atomic E-state index is 12.7. The number of benzene rings is 1. The van der Waals surface area contributed by atoms with Gasteiger partial charge in [0.2, 0.25) is 0 Å². The minimum Gasteiger partial charge on any atom is -0.264 e. The van der Waals surface area contributed by atoms with Gasteiger partial charge >= 0.3 is 0 Å². The molecule has 1 aromatic heterocycles. The van der Waals surface area contributed by atoms with E-state index in [9.17, 15) is 16.8 Å². The number of sulfonamides is 1. The number of anilines is 1. The molecule has 26 heavy (non-hydrogen) atoms. The van der Waals surface area contributed by atoms with Crippen LogP contribution in [-0.4, -0.2) is 38.1 Å². The Hall–Kier alpha value is -1.87. The van der Waals surface area contributed by atoms with Gasteiger partial charge in [-0.15, -0.1) is 0 Å². The molecule has 2 heterocycles. The lowest BCUT2D eigenvalue weighted by Gasteiger charge is -2.15. The summed E-state index contributed by atoms with van der Waals surface area (Å²) in [6.45, 7) is 5.83. The van der Waals surface area contributed by atoms with Crippen molar-refractivity contribution < 1.29 is 16.8 Å². The molecule has 0 bridgehead atoms. The number of nitrogens with one attached hydrogen (secondary N) is 1. The fourth-order valence-corrected chi connectivity index (χ4v) is 5.80. The molecule has 0 aliphatic carbocycles. The number of sulfone groups is 1. The van der Waals surface area contributed by atoms with Crippen LogP contribution in [0.25, 0.3) is 0 Å². The molecule has 9 heteroatoms. The number of nitrogens with zero attached hydrogens (tertiary/aromatic N) is 2. The molecule has 0 amide bonds. The molecule has 1 saturated heterocycles. The molecule has 1 unspecified atom stereocenters. The average molecular weight is 398 g/mol. The summed E-state index contributed by atoms with van der Waals surface area (Å²) in [5, 5.41) is 4.30. The summed E-state index contributed by atoms with van der Waals surface area (Å²) in [4.78, 5) is 0.159. The topological polar surface area (TPSA) is 98.1 Å². The van der Waals surface area contributed by atoms with Crippen molar-refractivity contribution in [1.29, 1.82) is 0 Å². The fraction of sp³-hybridized carbons (Fsp3) is 0.471. The Balaban J connectivity index is 1.88. The second kappa shape index (κ2) is 6.70. The fourth-order valence-electron chi connectivity index (χ4n) is 3.07. The number of hydrogen-bond acceptors (Lipinski definition) is 5. The van der Waals surface area contributed by atoms with Crippen LogP contribution in [0.1, 0.15) is 43.5 Å². The molecule has 142 valence electrons. The van der Waals surface area contributed by atoms with Crippen molar-refractivity contribution in [1.82, 2.24) is 9.78 Å². The lowest BCUT2D eigenvalue weighted by molar-refractivity contribution is 0.503. The van der Waals surface area contributed by atoms with Crippen LogP contribution in [0.2, 0.25) is 0 Å². The lowest BCUT2D eigenvalue weighted by Crippen LogP contribution is -2.20. The third-order valence-corrected chi connectivity index (χ3v) is 7.63. The maximum atomic E-state index is 12.7. The summed E-state index contributed by atoms with van der Waals surface area (Å²) in [7, 11) is -6.88. The van der Waals surface area contributed by atoms with Crippen LogP contribution in [0.15, 0.2) is 35.2 Å². The van der Waals surface area contributed by atoms with E-state index in [1.165, 1.54) is 4.68 Å². The Labute approximate surface area is 154 Å². The molecule has 1 fully saturated rings. The Morgan fingerprint density at radius 2 is 1.88 bits per heavy atom. The standard InChI is InChI=1S/C17H23N3O4S2/c1-12(2)14-4-6-16(7-5-14)26(23,24)19-17-10-13(3)18-20(17)15-8-9-25(21,22)11-15/h4-7,10,12,15,19H,8-9,11H2,1-3H3. The van der Waals surface area contributed by atoms with E-state index in [1.54, 1.807) is 37.3 Å². The van der Waals surface area contributed by atoms with Crippen LogP contribution in [-0.2, 0) is 19.9 Å². The molecular formula is C17H23N3O4S2. The number of rotatable bonds is 5. The van der Waals surface area contributed by atoms with Crippen molar-refractivity contribution in [2.45, 2.75) is 44.0 Å². The van der Waals surface area contributed by atoms with Gasteiger partial charge in [-0.05, 0) is 37.0 Å². The highest BCUT2D eigenvalue weighted by Crippen LogP contribution is 2.28. The number of aryl methyl sites for hydroxylation is 1. The predicted octanol–water partition coefficient (Wildman–Crippen LogP) is 2.48. The Morgan fingerprint density at radius 3 is 2.42 bits per heavy atom. The SMILES string of the molecule is Cc1cc(NS(=O)(=O)c2ccc(C(C)C)cc2)n(C2CCS(=O)(=O)C2)n1. The van der Waals surface area contributed by atoms with Gasteiger partial charge in [0.1, 0.15) is 5.82 Å².